The number of fused-ring (bicyclic) bond motifs is 1. The number of hydrogen-bond donors (Lipinski definition) is 2. The molecule has 0 atom stereocenters. The van der Waals surface area contributed by atoms with Crippen molar-refractivity contribution in [2.75, 3.05) is 16.3 Å². The molecule has 5 nitrogen and oxygen atoms in total. The first kappa shape index (κ1) is 17.4. The predicted octanol–water partition coefficient (Wildman–Crippen LogP) is 3.97. The van der Waals surface area contributed by atoms with Gasteiger partial charge in [0.2, 0.25) is 10.0 Å². The van der Waals surface area contributed by atoms with E-state index in [1.54, 1.807) is 43.3 Å². The molecule has 1 amide bonds. The third-order valence-corrected chi connectivity index (χ3v) is 5.42. The van der Waals surface area contributed by atoms with Gasteiger partial charge in [-0.05, 0) is 48.9 Å². The number of sulfonamides is 1. The molecular formula is C17H15FN2O3S2. The molecule has 0 aliphatic carbocycles. The summed E-state index contributed by atoms with van der Waals surface area (Å²) in [7, 11) is -3.35. The van der Waals surface area contributed by atoms with Crippen LogP contribution in [0.3, 0.4) is 0 Å². The van der Waals surface area contributed by atoms with Gasteiger partial charge in [0.25, 0.3) is 5.91 Å². The van der Waals surface area contributed by atoms with Gasteiger partial charge >= 0.3 is 0 Å². The minimum absolute atomic E-state index is 0.332. The summed E-state index contributed by atoms with van der Waals surface area (Å²) < 4.78 is 39.4. The molecule has 0 radical (unpaired) electrons. The average Bonchev–Trinajstić information content (AvgIpc) is 2.86. The van der Waals surface area contributed by atoms with Crippen molar-refractivity contribution in [1.29, 1.82) is 0 Å². The summed E-state index contributed by atoms with van der Waals surface area (Å²) in [5.74, 6) is -0.677. The molecule has 3 rings (SSSR count). The molecule has 0 aliphatic rings. The van der Waals surface area contributed by atoms with Crippen molar-refractivity contribution in [3.63, 3.8) is 0 Å². The molecule has 3 aromatic rings. The van der Waals surface area contributed by atoms with E-state index in [2.05, 4.69) is 10.0 Å². The molecule has 0 saturated carbocycles. The lowest BCUT2D eigenvalue weighted by Crippen LogP contribution is -2.12. The number of benzene rings is 2. The van der Waals surface area contributed by atoms with E-state index in [-0.39, 0.29) is 11.7 Å². The molecule has 130 valence electrons. The van der Waals surface area contributed by atoms with Gasteiger partial charge in [0.1, 0.15) is 5.82 Å². The lowest BCUT2D eigenvalue weighted by atomic mass is 10.1. The van der Waals surface area contributed by atoms with E-state index >= 15 is 0 Å². The summed E-state index contributed by atoms with van der Waals surface area (Å²) in [5.41, 5.74) is 1.52. The Kier molecular flexibility index (Phi) is 4.49. The van der Waals surface area contributed by atoms with Crippen LogP contribution in [0.15, 0.2) is 42.5 Å². The highest BCUT2D eigenvalue weighted by Gasteiger charge is 2.17. The Balaban J connectivity index is 1.83. The number of carbonyl (C=O) groups excluding carboxylic acids is 1. The van der Waals surface area contributed by atoms with Crippen LogP contribution in [0.25, 0.3) is 10.1 Å². The van der Waals surface area contributed by atoms with Crippen LogP contribution in [0, 0.1) is 12.7 Å². The molecule has 25 heavy (non-hydrogen) atoms. The summed E-state index contributed by atoms with van der Waals surface area (Å²) in [6, 6.07) is 11.0. The number of thiophene rings is 1. The smallest absolute Gasteiger partial charge is 0.266 e. The van der Waals surface area contributed by atoms with Crippen LogP contribution in [0.1, 0.15) is 15.2 Å². The molecule has 0 fully saturated rings. The maximum atomic E-state index is 13.9. The Hall–Kier alpha value is -2.45. The molecule has 1 heterocycles. The van der Waals surface area contributed by atoms with E-state index in [4.69, 9.17) is 0 Å². The topological polar surface area (TPSA) is 75.3 Å². The molecular weight excluding hydrogens is 363 g/mol. The van der Waals surface area contributed by atoms with Crippen molar-refractivity contribution in [2.45, 2.75) is 6.92 Å². The average molecular weight is 378 g/mol. The summed E-state index contributed by atoms with van der Waals surface area (Å²) in [4.78, 5) is 12.9. The zero-order chi connectivity index (χ0) is 18.2. The summed E-state index contributed by atoms with van der Waals surface area (Å²) in [5, 5.41) is 3.20. The molecule has 8 heteroatoms. The van der Waals surface area contributed by atoms with Gasteiger partial charge in [0.15, 0.2) is 0 Å². The van der Waals surface area contributed by atoms with Crippen LogP contribution in [0.5, 0.6) is 0 Å². The Labute approximate surface area is 148 Å². The molecule has 2 N–H and O–H groups in total. The second kappa shape index (κ2) is 6.45. The largest absolute Gasteiger partial charge is 0.321 e. The Morgan fingerprint density at radius 1 is 1.08 bits per heavy atom. The first-order valence-electron chi connectivity index (χ1n) is 7.31. The van der Waals surface area contributed by atoms with Crippen molar-refractivity contribution in [2.24, 2.45) is 0 Å². The highest BCUT2D eigenvalue weighted by molar-refractivity contribution is 7.92. The molecule has 2 aromatic carbocycles. The summed E-state index contributed by atoms with van der Waals surface area (Å²) in [6.45, 7) is 1.72. The second-order valence-electron chi connectivity index (χ2n) is 5.57. The molecule has 1 aromatic heterocycles. The van der Waals surface area contributed by atoms with Crippen LogP contribution in [-0.4, -0.2) is 20.6 Å². The second-order valence-corrected chi connectivity index (χ2v) is 8.38. The molecule has 0 saturated heterocycles. The first-order valence-corrected chi connectivity index (χ1v) is 10.0. The number of hydrogen-bond acceptors (Lipinski definition) is 4. The molecule has 0 unspecified atom stereocenters. The highest BCUT2D eigenvalue weighted by atomic mass is 32.2. The van der Waals surface area contributed by atoms with Crippen molar-refractivity contribution in [3.8, 4) is 0 Å². The van der Waals surface area contributed by atoms with Gasteiger partial charge in [-0.25, -0.2) is 12.8 Å². The van der Waals surface area contributed by atoms with E-state index in [1.165, 1.54) is 17.4 Å². The van der Waals surface area contributed by atoms with Gasteiger partial charge in [-0.1, -0.05) is 6.07 Å². The fourth-order valence-corrected chi connectivity index (χ4v) is 4.18. The predicted molar refractivity (Wildman–Crippen MR) is 99.4 cm³/mol. The van der Waals surface area contributed by atoms with Crippen LogP contribution >= 0.6 is 11.3 Å². The normalized spacial score (nSPS) is 11.5. The monoisotopic (exact) mass is 378 g/mol. The zero-order valence-corrected chi connectivity index (χ0v) is 15.1. The summed E-state index contributed by atoms with van der Waals surface area (Å²) in [6.07, 6.45) is 1.06. The lowest BCUT2D eigenvalue weighted by molar-refractivity contribution is 0.103. The van der Waals surface area contributed by atoms with Crippen LogP contribution in [0.4, 0.5) is 15.8 Å². The highest BCUT2D eigenvalue weighted by Crippen LogP contribution is 2.33. The van der Waals surface area contributed by atoms with Gasteiger partial charge < -0.3 is 5.32 Å². The van der Waals surface area contributed by atoms with Crippen LogP contribution in [-0.2, 0) is 10.0 Å². The van der Waals surface area contributed by atoms with E-state index in [0.717, 1.165) is 11.0 Å². The molecule has 0 bridgehead atoms. The Bertz CT molecular complexity index is 1060. The van der Waals surface area contributed by atoms with E-state index in [0.29, 0.717) is 27.2 Å². The number of halogens is 1. The van der Waals surface area contributed by atoms with Gasteiger partial charge in [0.05, 0.1) is 11.1 Å². The van der Waals surface area contributed by atoms with Crippen molar-refractivity contribution < 1.29 is 17.6 Å². The zero-order valence-electron chi connectivity index (χ0n) is 13.5. The number of rotatable bonds is 4. The standard InChI is InChI=1S/C17H15FN2O3S2/c1-10-15-13(18)4-3-5-14(15)24-16(10)17(21)19-11-6-8-12(9-7-11)20-25(2,22)23/h3-9,20H,1-2H3,(H,19,21). The number of nitrogens with one attached hydrogen (secondary N) is 2. The number of aryl methyl sites for hydroxylation is 1. The molecule has 0 aliphatic heterocycles. The third kappa shape index (κ3) is 3.80. The maximum absolute atomic E-state index is 13.9. The van der Waals surface area contributed by atoms with Gasteiger partial charge in [-0.15, -0.1) is 11.3 Å². The first-order chi connectivity index (χ1) is 11.7. The van der Waals surface area contributed by atoms with Crippen LogP contribution in [0.2, 0.25) is 0 Å². The van der Waals surface area contributed by atoms with Gasteiger partial charge in [0, 0.05) is 21.5 Å². The fourth-order valence-electron chi connectivity index (χ4n) is 2.49. The summed E-state index contributed by atoms with van der Waals surface area (Å²) >= 11 is 1.23. The van der Waals surface area contributed by atoms with Gasteiger partial charge in [-0.3, -0.25) is 9.52 Å². The van der Waals surface area contributed by atoms with Crippen molar-refractivity contribution >= 4 is 48.7 Å². The van der Waals surface area contributed by atoms with E-state index < -0.39 is 10.0 Å². The maximum Gasteiger partial charge on any atom is 0.266 e. The van der Waals surface area contributed by atoms with Gasteiger partial charge in [-0.2, -0.15) is 0 Å². The lowest BCUT2D eigenvalue weighted by Gasteiger charge is -2.07. The Morgan fingerprint density at radius 2 is 1.72 bits per heavy atom. The minimum atomic E-state index is -3.35. The Morgan fingerprint density at radius 3 is 2.32 bits per heavy atom. The molecule has 0 spiro atoms. The van der Waals surface area contributed by atoms with E-state index in [9.17, 15) is 17.6 Å². The van der Waals surface area contributed by atoms with Crippen LogP contribution < -0.4 is 10.0 Å². The van der Waals surface area contributed by atoms with E-state index in [1.807, 2.05) is 0 Å². The number of carbonyl (C=O) groups is 1. The van der Waals surface area contributed by atoms with Crippen molar-refractivity contribution in [3.05, 3.63) is 58.7 Å². The number of amides is 1. The third-order valence-electron chi connectivity index (χ3n) is 3.56. The quantitative estimate of drug-likeness (QED) is 0.721. The SMILES string of the molecule is Cc1c(C(=O)Nc2ccc(NS(C)(=O)=O)cc2)sc2cccc(F)c12. The fraction of sp³-hybridized carbons (Fsp3) is 0.118. The number of anilines is 2. The minimum Gasteiger partial charge on any atom is -0.321 e. The van der Waals surface area contributed by atoms with Crippen molar-refractivity contribution in [1.82, 2.24) is 0 Å².